The van der Waals surface area contributed by atoms with Crippen LogP contribution in [0.3, 0.4) is 0 Å². The molecule has 0 saturated carbocycles. The molecule has 4 aromatic rings. The molecule has 4 rings (SSSR count). The van der Waals surface area contributed by atoms with Crippen LogP contribution in [0, 0.1) is 10.1 Å². The number of halogens is 2. The van der Waals surface area contributed by atoms with E-state index in [0.717, 1.165) is 5.56 Å². The highest BCUT2D eigenvalue weighted by atomic mass is 35.5. The summed E-state index contributed by atoms with van der Waals surface area (Å²) in [5, 5.41) is 18.0. The summed E-state index contributed by atoms with van der Waals surface area (Å²) in [6, 6.07) is 13.7. The number of carbonyl (C=O) groups excluding carboxylic acids is 1. The molecule has 10 nitrogen and oxygen atoms in total. The van der Waals surface area contributed by atoms with E-state index in [2.05, 4.69) is 20.6 Å². The molecule has 4 N–H and O–H groups in total. The molecule has 0 aliphatic carbocycles. The van der Waals surface area contributed by atoms with Crippen molar-refractivity contribution in [3.8, 4) is 11.1 Å². The van der Waals surface area contributed by atoms with Crippen molar-refractivity contribution in [2.75, 3.05) is 24.1 Å². The van der Waals surface area contributed by atoms with Crippen LogP contribution in [0.5, 0.6) is 0 Å². The molecule has 3 heterocycles. The van der Waals surface area contributed by atoms with Gasteiger partial charge in [-0.25, -0.2) is 4.98 Å². The van der Waals surface area contributed by atoms with Crippen LogP contribution in [0.25, 0.3) is 11.1 Å². The Morgan fingerprint density at radius 1 is 1.05 bits per heavy atom. The van der Waals surface area contributed by atoms with Gasteiger partial charge in [-0.05, 0) is 54.8 Å². The number of nitrogens with one attached hydrogen (secondary N) is 2. The summed E-state index contributed by atoms with van der Waals surface area (Å²) in [6.45, 7) is 1.48. The third kappa shape index (κ3) is 6.58. The lowest BCUT2D eigenvalue weighted by Crippen LogP contribution is -2.28. The topological polar surface area (TPSA) is 141 Å². The second-order valence-electron chi connectivity index (χ2n) is 8.40. The van der Waals surface area contributed by atoms with E-state index in [1.54, 1.807) is 30.6 Å². The lowest BCUT2D eigenvalue weighted by molar-refractivity contribution is -0.384. The number of anilines is 2. The molecule has 0 atom stereocenters. The molecule has 0 aliphatic rings. The maximum Gasteiger partial charge on any atom is 0.311 e. The third-order valence-corrected chi connectivity index (χ3v) is 6.38. The molecular formula is C26H25Cl2N7O3. The molecule has 196 valence electrons. The van der Waals surface area contributed by atoms with Crippen LogP contribution < -0.4 is 16.4 Å². The fourth-order valence-electron chi connectivity index (χ4n) is 3.98. The predicted molar refractivity (Wildman–Crippen MR) is 149 cm³/mol. The number of rotatable bonds is 11. The number of hydrogen-bond donors (Lipinski definition) is 3. The minimum absolute atomic E-state index is 0.152. The number of nitrogen functional groups attached to an aromatic ring is 1. The number of nitro groups is 1. The molecule has 0 aliphatic heterocycles. The van der Waals surface area contributed by atoms with Crippen molar-refractivity contribution in [1.29, 1.82) is 0 Å². The number of benzene rings is 1. The average Bonchev–Trinajstić information content (AvgIpc) is 3.30. The summed E-state index contributed by atoms with van der Waals surface area (Å²) in [4.78, 5) is 31.8. The van der Waals surface area contributed by atoms with E-state index in [9.17, 15) is 14.9 Å². The molecular weight excluding hydrogens is 529 g/mol. The standard InChI is InChI=1S/C26H25Cl2N7O3/c27-18-2-3-19(21(28)16-18)20-9-15-34(24(20)26(36)32-13-8-17-6-11-30-12-7-17)14-1-10-31-23-5-4-22(35(37)38)25(29)33-23/h2-7,9,11-12,15-16H,1,8,10,13-14H2,(H,32,36)(H3,29,31,33). The van der Waals surface area contributed by atoms with E-state index in [1.807, 2.05) is 29.0 Å². The molecule has 0 saturated heterocycles. The van der Waals surface area contributed by atoms with Crippen molar-refractivity contribution < 1.29 is 9.72 Å². The highest BCUT2D eigenvalue weighted by molar-refractivity contribution is 6.36. The maximum atomic E-state index is 13.4. The first-order chi connectivity index (χ1) is 18.3. The van der Waals surface area contributed by atoms with E-state index >= 15 is 0 Å². The molecule has 0 spiro atoms. The van der Waals surface area contributed by atoms with Crippen LogP contribution in [0.2, 0.25) is 10.0 Å². The van der Waals surface area contributed by atoms with Gasteiger partial charge in [0.2, 0.25) is 5.82 Å². The van der Waals surface area contributed by atoms with E-state index in [1.165, 1.54) is 12.1 Å². The molecule has 0 bridgehead atoms. The summed E-state index contributed by atoms with van der Waals surface area (Å²) in [6.07, 6.45) is 6.59. The zero-order chi connectivity index (χ0) is 27.1. The van der Waals surface area contributed by atoms with Crippen molar-refractivity contribution in [2.24, 2.45) is 0 Å². The molecule has 1 amide bonds. The van der Waals surface area contributed by atoms with Crippen LogP contribution in [0.15, 0.2) is 67.1 Å². The van der Waals surface area contributed by atoms with Crippen LogP contribution in [-0.4, -0.2) is 38.5 Å². The van der Waals surface area contributed by atoms with E-state index in [0.29, 0.717) is 65.2 Å². The monoisotopic (exact) mass is 553 g/mol. The minimum atomic E-state index is -0.577. The van der Waals surface area contributed by atoms with Gasteiger partial charge in [-0.3, -0.25) is 19.9 Å². The molecule has 12 heteroatoms. The second kappa shape index (κ2) is 12.4. The Balaban J connectivity index is 1.47. The van der Waals surface area contributed by atoms with Gasteiger partial charge in [0.05, 0.1) is 4.92 Å². The smallest absolute Gasteiger partial charge is 0.311 e. The first-order valence-electron chi connectivity index (χ1n) is 11.8. The zero-order valence-corrected chi connectivity index (χ0v) is 21.7. The number of hydrogen-bond acceptors (Lipinski definition) is 7. The van der Waals surface area contributed by atoms with Crippen molar-refractivity contribution >= 4 is 46.4 Å². The van der Waals surface area contributed by atoms with Crippen LogP contribution in [-0.2, 0) is 13.0 Å². The normalized spacial score (nSPS) is 10.8. The number of nitrogens with two attached hydrogens (primary N) is 1. The fourth-order valence-corrected chi connectivity index (χ4v) is 4.49. The van der Waals surface area contributed by atoms with Crippen molar-refractivity contribution in [3.63, 3.8) is 0 Å². The van der Waals surface area contributed by atoms with Crippen molar-refractivity contribution in [3.05, 3.63) is 98.5 Å². The van der Waals surface area contributed by atoms with Gasteiger partial charge in [-0.2, -0.15) is 0 Å². The van der Waals surface area contributed by atoms with Crippen LogP contribution >= 0.6 is 23.2 Å². The average molecular weight is 554 g/mol. The van der Waals surface area contributed by atoms with Crippen LogP contribution in [0.4, 0.5) is 17.3 Å². The lowest BCUT2D eigenvalue weighted by atomic mass is 10.1. The Labute approximate surface area is 229 Å². The van der Waals surface area contributed by atoms with Gasteiger partial charge < -0.3 is 20.9 Å². The molecule has 38 heavy (non-hydrogen) atoms. The minimum Gasteiger partial charge on any atom is -0.378 e. The summed E-state index contributed by atoms with van der Waals surface area (Å²) in [5.41, 5.74) is 8.39. The quantitative estimate of drug-likeness (QED) is 0.131. The Hall–Kier alpha value is -4.15. The largest absolute Gasteiger partial charge is 0.378 e. The molecule has 1 aromatic carbocycles. The molecule has 0 radical (unpaired) electrons. The van der Waals surface area contributed by atoms with Gasteiger partial charge in [0.1, 0.15) is 11.5 Å². The SMILES string of the molecule is Nc1nc(NCCCn2ccc(-c3ccc(Cl)cc3Cl)c2C(=O)NCCc2ccncc2)ccc1[N+](=O)[O-]. The summed E-state index contributed by atoms with van der Waals surface area (Å²) in [5.74, 6) is 0.0618. The highest BCUT2D eigenvalue weighted by Gasteiger charge is 2.20. The highest BCUT2D eigenvalue weighted by Crippen LogP contribution is 2.33. The summed E-state index contributed by atoms with van der Waals surface area (Å²) in [7, 11) is 0. The number of aryl methyl sites for hydroxylation is 1. The fraction of sp³-hybridized carbons (Fsp3) is 0.192. The van der Waals surface area contributed by atoms with Gasteiger partial charge in [0.15, 0.2) is 0 Å². The third-order valence-electron chi connectivity index (χ3n) is 5.83. The van der Waals surface area contributed by atoms with Gasteiger partial charge in [-0.1, -0.05) is 29.3 Å². The van der Waals surface area contributed by atoms with E-state index in [-0.39, 0.29) is 17.4 Å². The molecule has 0 fully saturated rings. The predicted octanol–water partition coefficient (Wildman–Crippen LogP) is 5.22. The Kier molecular flexibility index (Phi) is 8.77. The lowest BCUT2D eigenvalue weighted by Gasteiger charge is -2.14. The van der Waals surface area contributed by atoms with Crippen LogP contribution in [0.1, 0.15) is 22.5 Å². The number of pyridine rings is 2. The summed E-state index contributed by atoms with van der Waals surface area (Å²) < 4.78 is 1.88. The molecule has 3 aromatic heterocycles. The Morgan fingerprint density at radius 3 is 2.55 bits per heavy atom. The van der Waals surface area contributed by atoms with Gasteiger partial charge in [0.25, 0.3) is 5.91 Å². The van der Waals surface area contributed by atoms with Crippen molar-refractivity contribution in [2.45, 2.75) is 19.4 Å². The zero-order valence-electron chi connectivity index (χ0n) is 20.2. The van der Waals surface area contributed by atoms with Gasteiger partial charge in [0, 0.05) is 65.5 Å². The second-order valence-corrected chi connectivity index (χ2v) is 9.24. The first-order valence-corrected chi connectivity index (χ1v) is 12.6. The van der Waals surface area contributed by atoms with E-state index in [4.69, 9.17) is 28.9 Å². The van der Waals surface area contributed by atoms with Gasteiger partial charge in [-0.15, -0.1) is 0 Å². The number of aromatic nitrogens is 3. The van der Waals surface area contributed by atoms with E-state index < -0.39 is 4.92 Å². The Bertz CT molecular complexity index is 1440. The van der Waals surface area contributed by atoms with Gasteiger partial charge >= 0.3 is 5.69 Å². The number of nitrogens with zero attached hydrogens (tertiary/aromatic N) is 4. The number of amides is 1. The maximum absolute atomic E-state index is 13.4. The van der Waals surface area contributed by atoms with Crippen molar-refractivity contribution in [1.82, 2.24) is 19.9 Å². The Morgan fingerprint density at radius 2 is 1.84 bits per heavy atom. The summed E-state index contributed by atoms with van der Waals surface area (Å²) >= 11 is 12.6. The first kappa shape index (κ1) is 26.9. The number of carbonyl (C=O) groups is 1. The molecule has 0 unspecified atom stereocenters.